The van der Waals surface area contributed by atoms with Crippen molar-refractivity contribution in [3.05, 3.63) is 132 Å². The number of nitrogens with zero attached hydrogens (tertiary/aromatic N) is 2. The molecule has 0 radical (unpaired) electrons. The van der Waals surface area contributed by atoms with Crippen LogP contribution in [0.1, 0.15) is 114 Å². The molecule has 4 aromatic rings. The van der Waals surface area contributed by atoms with E-state index in [1.807, 2.05) is 121 Å². The van der Waals surface area contributed by atoms with Crippen LogP contribution >= 0.6 is 0 Å². The number of piperidine rings is 6. The summed E-state index contributed by atoms with van der Waals surface area (Å²) < 4.78 is 89.5. The summed E-state index contributed by atoms with van der Waals surface area (Å²) in [4.78, 5) is 45.0. The Morgan fingerprint density at radius 3 is 1.02 bits per heavy atom. The Hall–Kier alpha value is -6.22. The predicted molar refractivity (Wildman–Crippen MR) is 294 cm³/mol. The van der Waals surface area contributed by atoms with Crippen molar-refractivity contribution >= 4 is 23.9 Å². The van der Waals surface area contributed by atoms with Gasteiger partial charge < -0.3 is 57.9 Å². The van der Waals surface area contributed by atoms with Crippen molar-refractivity contribution in [2.45, 2.75) is 138 Å². The molecule has 4 aromatic carbocycles. The lowest BCUT2D eigenvalue weighted by Crippen LogP contribution is -2.65. The second-order valence-corrected chi connectivity index (χ2v) is 23.5. The number of ether oxygens (including phenoxy) is 4. The highest BCUT2D eigenvalue weighted by molar-refractivity contribution is 5.82. The van der Waals surface area contributed by atoms with Crippen molar-refractivity contribution in [2.75, 3.05) is 65.6 Å². The standard InChI is InChI=1S/2C30H40NO4.2C2HF3O2/c2*32-29(30(33,25-11-4-1-5-12-25)26-13-6-2-7-14-26)35-28-23-31(20-17-24(28)18-21-31)19-10-22-34-27-15-8-3-9-16-27;2*3-2(4,5)1(6)7/h2*1,3-5,8-9,11-12,15-16,24,26,28,33H,2,6-7,10,13-14,17-23H2;2*(H,6,7)/q2*+1;;/p-2/t2*24?,28-,30+,31?;;/m00../s1. The lowest BCUT2D eigenvalue weighted by atomic mass is 9.73. The van der Waals surface area contributed by atoms with Gasteiger partial charge in [-0.2, -0.15) is 26.3 Å². The van der Waals surface area contributed by atoms with E-state index in [1.54, 1.807) is 0 Å². The van der Waals surface area contributed by atoms with Crippen LogP contribution in [0.15, 0.2) is 121 Å². The van der Waals surface area contributed by atoms with Gasteiger partial charge in [0.25, 0.3) is 0 Å². The summed E-state index contributed by atoms with van der Waals surface area (Å²) in [5, 5.41) is 41.4. The first kappa shape index (κ1) is 65.3. The molecule has 20 heteroatoms. The SMILES string of the molecule is O=C(O[C@H]1C[N+]2(CCCOc3ccccc3)CCC1CC2)[C@@](O)(c1ccccc1)C1CCCCC1.O=C(O[C@H]1C[N+]2(CCCOc3ccccc3)CCC1CC2)[C@@](O)(c1ccccc1)C1CCCCC1.O=C([O-])C(F)(F)F.O=C([O-])C(F)(F)F. The van der Waals surface area contributed by atoms with Crippen molar-refractivity contribution < 1.29 is 93.9 Å². The summed E-state index contributed by atoms with van der Waals surface area (Å²) in [5.41, 5.74) is -1.75. The number of fused-ring (bicyclic) bond motifs is 6. The van der Waals surface area contributed by atoms with E-state index in [9.17, 15) is 46.1 Å². The van der Waals surface area contributed by atoms with Gasteiger partial charge in [0.1, 0.15) is 36.5 Å². The number of esters is 2. The topological polar surface area (TPSA) is 192 Å². The molecule has 6 saturated heterocycles. The number of aliphatic carboxylic acids is 2. The number of rotatable bonds is 18. The summed E-state index contributed by atoms with van der Waals surface area (Å²) in [5.74, 6) is -4.38. The molecule has 6 aliphatic heterocycles. The Labute approximate surface area is 487 Å². The van der Waals surface area contributed by atoms with Crippen molar-refractivity contribution in [3.8, 4) is 11.5 Å². The molecule has 2 saturated carbocycles. The number of quaternary nitrogens is 2. The van der Waals surface area contributed by atoms with Crippen LogP contribution in [0.3, 0.4) is 0 Å². The van der Waals surface area contributed by atoms with Crippen molar-refractivity contribution in [1.29, 1.82) is 0 Å². The summed E-state index contributed by atoms with van der Waals surface area (Å²) in [6, 6.07) is 39.0. The second-order valence-electron chi connectivity index (χ2n) is 23.5. The minimum Gasteiger partial charge on any atom is -0.542 e. The smallest absolute Gasteiger partial charge is 0.430 e. The van der Waals surface area contributed by atoms with Gasteiger partial charge in [0.15, 0.2) is 23.4 Å². The number of aliphatic hydroxyl groups is 2. The van der Waals surface area contributed by atoms with Crippen LogP contribution in [0.25, 0.3) is 0 Å². The molecule has 460 valence electrons. The Kier molecular flexibility index (Phi) is 23.1. The van der Waals surface area contributed by atoms with E-state index < -0.39 is 47.4 Å². The van der Waals surface area contributed by atoms with Crippen LogP contribution < -0.4 is 19.7 Å². The first-order valence-corrected chi connectivity index (χ1v) is 29.7. The average molecular weight is 1180 g/mol. The fourth-order valence-electron chi connectivity index (χ4n) is 13.5. The molecule has 12 rings (SSSR count). The normalized spacial score (nSPS) is 25.4. The summed E-state index contributed by atoms with van der Waals surface area (Å²) >= 11 is 0. The summed E-state index contributed by atoms with van der Waals surface area (Å²) in [7, 11) is 0. The fraction of sp³-hybridized carbons (Fsp3) is 0.562. The Morgan fingerprint density at radius 2 is 0.738 bits per heavy atom. The van der Waals surface area contributed by atoms with Gasteiger partial charge in [0.2, 0.25) is 0 Å². The average Bonchev–Trinajstić information content (AvgIpc) is 1.62. The number of carboxylic acid groups (broad SMARTS) is 2. The van der Waals surface area contributed by atoms with E-state index in [1.165, 1.54) is 12.8 Å². The van der Waals surface area contributed by atoms with E-state index in [-0.39, 0.29) is 24.0 Å². The third-order valence-electron chi connectivity index (χ3n) is 18.1. The monoisotopic (exact) mass is 1180 g/mol. The molecule has 4 atom stereocenters. The van der Waals surface area contributed by atoms with Crippen LogP contribution in [0.5, 0.6) is 11.5 Å². The molecule has 8 fully saturated rings. The van der Waals surface area contributed by atoms with Gasteiger partial charge in [-0.3, -0.25) is 0 Å². The second kappa shape index (κ2) is 29.7. The Balaban J connectivity index is 0.000000197. The molecule has 2 N–H and O–H groups in total. The van der Waals surface area contributed by atoms with Gasteiger partial charge in [-0.05, 0) is 61.1 Å². The van der Waals surface area contributed by atoms with Crippen molar-refractivity contribution in [1.82, 2.24) is 0 Å². The van der Waals surface area contributed by atoms with Gasteiger partial charge in [-0.25, -0.2) is 9.59 Å². The highest BCUT2D eigenvalue weighted by Crippen LogP contribution is 2.45. The number of hydrogen-bond donors (Lipinski definition) is 2. The number of benzene rings is 4. The largest absolute Gasteiger partial charge is 0.542 e. The zero-order valence-corrected chi connectivity index (χ0v) is 47.5. The highest BCUT2D eigenvalue weighted by atomic mass is 19.4. The molecule has 0 aromatic heterocycles. The van der Waals surface area contributed by atoms with E-state index in [2.05, 4.69) is 0 Å². The lowest BCUT2D eigenvalue weighted by molar-refractivity contribution is -0.946. The minimum absolute atomic E-state index is 0.0782. The number of carboxylic acids is 2. The van der Waals surface area contributed by atoms with Crippen molar-refractivity contribution in [2.24, 2.45) is 23.7 Å². The first-order valence-electron chi connectivity index (χ1n) is 29.7. The zero-order valence-electron chi connectivity index (χ0n) is 47.5. The number of carbonyl (C=O) groups is 4. The predicted octanol–water partition coefficient (Wildman–Crippen LogP) is 8.75. The van der Waals surface area contributed by atoms with E-state index >= 15 is 0 Å². The molecule has 84 heavy (non-hydrogen) atoms. The van der Waals surface area contributed by atoms with Crippen LogP contribution in [0.2, 0.25) is 0 Å². The zero-order chi connectivity index (χ0) is 60.4. The van der Waals surface area contributed by atoms with E-state index in [0.29, 0.717) is 36.2 Å². The number of hydrogen-bond acceptors (Lipinski definition) is 12. The molecule has 0 unspecified atom stereocenters. The van der Waals surface area contributed by atoms with Crippen LogP contribution in [-0.4, -0.2) is 133 Å². The quantitative estimate of drug-likeness (QED) is 0.0418. The number of carbonyl (C=O) groups excluding carboxylic acids is 4. The molecule has 6 heterocycles. The molecule has 0 amide bonds. The summed E-state index contributed by atoms with van der Waals surface area (Å²) in [6.45, 7) is 9.80. The summed E-state index contributed by atoms with van der Waals surface area (Å²) in [6.07, 6.45) is 5.78. The third-order valence-corrected chi connectivity index (χ3v) is 18.1. The number of para-hydroxylation sites is 2. The van der Waals surface area contributed by atoms with Gasteiger partial charge >= 0.3 is 24.3 Å². The van der Waals surface area contributed by atoms with Crippen LogP contribution in [0, 0.1) is 23.7 Å². The van der Waals surface area contributed by atoms with Gasteiger partial charge in [0.05, 0.1) is 52.5 Å². The number of halogens is 6. The van der Waals surface area contributed by atoms with Crippen LogP contribution in [-0.2, 0) is 39.9 Å². The van der Waals surface area contributed by atoms with Gasteiger partial charge in [0, 0.05) is 62.2 Å². The molecule has 4 bridgehead atoms. The first-order chi connectivity index (χ1) is 40.1. The molecule has 2 aliphatic carbocycles. The maximum atomic E-state index is 13.7. The van der Waals surface area contributed by atoms with Crippen LogP contribution in [0.4, 0.5) is 26.3 Å². The molecule has 8 aliphatic rings. The minimum atomic E-state index is -5.19. The maximum absolute atomic E-state index is 13.7. The highest BCUT2D eigenvalue weighted by Gasteiger charge is 2.54. The van der Waals surface area contributed by atoms with E-state index in [4.69, 9.17) is 38.7 Å². The van der Waals surface area contributed by atoms with E-state index in [0.717, 1.165) is 163 Å². The molecular weight excluding hydrogens is 1100 g/mol. The molecule has 14 nitrogen and oxygen atoms in total. The fourth-order valence-corrected chi connectivity index (χ4v) is 13.5. The Bertz CT molecular complexity index is 2480. The maximum Gasteiger partial charge on any atom is 0.430 e. The molecular formula is C64H80F6N2O12. The third kappa shape index (κ3) is 17.5. The van der Waals surface area contributed by atoms with Crippen molar-refractivity contribution in [3.63, 3.8) is 0 Å². The lowest BCUT2D eigenvalue weighted by Gasteiger charge is -2.52. The number of alkyl halides is 6. The van der Waals surface area contributed by atoms with Gasteiger partial charge in [-0.15, -0.1) is 0 Å². The molecule has 0 spiro atoms. The van der Waals surface area contributed by atoms with Gasteiger partial charge in [-0.1, -0.05) is 136 Å². The Morgan fingerprint density at radius 1 is 0.452 bits per heavy atom.